The highest BCUT2D eigenvalue weighted by Crippen LogP contribution is 2.18. The zero-order valence-corrected chi connectivity index (χ0v) is 14.3. The average Bonchev–Trinajstić information content (AvgIpc) is 3.26. The summed E-state index contributed by atoms with van der Waals surface area (Å²) in [6.07, 6.45) is 4.79. The minimum atomic E-state index is 0.414. The second kappa shape index (κ2) is 7.03. The number of nitrogens with one attached hydrogen (secondary N) is 1. The molecular formula is C19H22N6. The molecule has 3 aromatic rings. The Hall–Kier alpha value is -2.73. The molecule has 1 aliphatic rings. The van der Waals surface area contributed by atoms with Crippen molar-refractivity contribution in [3.8, 4) is 11.5 Å². The van der Waals surface area contributed by atoms with Crippen LogP contribution in [0.25, 0.3) is 11.5 Å². The Balaban J connectivity index is 1.34. The lowest BCUT2D eigenvalue weighted by Crippen LogP contribution is -2.26. The highest BCUT2D eigenvalue weighted by molar-refractivity contribution is 5.51. The first kappa shape index (κ1) is 15.8. The van der Waals surface area contributed by atoms with E-state index in [1.807, 2.05) is 29.9 Å². The zero-order chi connectivity index (χ0) is 17.1. The Bertz CT molecular complexity index is 811. The Morgan fingerprint density at radius 2 is 2.00 bits per heavy atom. The molecule has 3 heterocycles. The van der Waals surface area contributed by atoms with E-state index < -0.39 is 0 Å². The number of aryl methyl sites for hydroxylation is 1. The topological polar surface area (TPSA) is 58.9 Å². The highest BCUT2D eigenvalue weighted by Gasteiger charge is 2.22. The van der Waals surface area contributed by atoms with Gasteiger partial charge in [0, 0.05) is 45.1 Å². The van der Waals surface area contributed by atoms with E-state index in [0.717, 1.165) is 43.4 Å². The number of rotatable bonds is 5. The van der Waals surface area contributed by atoms with Gasteiger partial charge in [0.15, 0.2) is 5.82 Å². The minimum absolute atomic E-state index is 0.414. The predicted octanol–water partition coefficient (Wildman–Crippen LogP) is 2.56. The Kier molecular flexibility index (Phi) is 4.43. The molecule has 6 heteroatoms. The van der Waals surface area contributed by atoms with E-state index in [1.165, 1.54) is 5.56 Å². The SMILES string of the molecule is Cn1ccnc1-c1ccc(NC2CCN(Cc3ccccc3)C2)nn1. The molecule has 0 saturated carbocycles. The van der Waals surface area contributed by atoms with Crippen molar-refractivity contribution in [2.75, 3.05) is 18.4 Å². The van der Waals surface area contributed by atoms with E-state index in [1.54, 1.807) is 6.20 Å². The van der Waals surface area contributed by atoms with Crippen LogP contribution in [0.2, 0.25) is 0 Å². The predicted molar refractivity (Wildman–Crippen MR) is 98.0 cm³/mol. The molecule has 25 heavy (non-hydrogen) atoms. The summed E-state index contributed by atoms with van der Waals surface area (Å²) < 4.78 is 1.94. The van der Waals surface area contributed by atoms with Gasteiger partial charge in [0.25, 0.3) is 0 Å². The van der Waals surface area contributed by atoms with Crippen LogP contribution >= 0.6 is 0 Å². The van der Waals surface area contributed by atoms with Crippen molar-refractivity contribution in [3.05, 3.63) is 60.4 Å². The lowest BCUT2D eigenvalue weighted by atomic mass is 10.2. The van der Waals surface area contributed by atoms with E-state index in [2.05, 4.69) is 55.7 Å². The number of likely N-dealkylation sites (tertiary alicyclic amines) is 1. The van der Waals surface area contributed by atoms with Gasteiger partial charge >= 0.3 is 0 Å². The van der Waals surface area contributed by atoms with Crippen molar-refractivity contribution in [2.45, 2.75) is 19.0 Å². The van der Waals surface area contributed by atoms with Gasteiger partial charge in [0.1, 0.15) is 11.5 Å². The number of hydrogen-bond acceptors (Lipinski definition) is 5. The summed E-state index contributed by atoms with van der Waals surface area (Å²) in [5.74, 6) is 1.65. The fraction of sp³-hybridized carbons (Fsp3) is 0.316. The number of benzene rings is 1. The van der Waals surface area contributed by atoms with Crippen molar-refractivity contribution >= 4 is 5.82 Å². The minimum Gasteiger partial charge on any atom is -0.365 e. The smallest absolute Gasteiger partial charge is 0.160 e. The van der Waals surface area contributed by atoms with Crippen molar-refractivity contribution in [1.82, 2.24) is 24.6 Å². The fourth-order valence-corrected chi connectivity index (χ4v) is 3.29. The first-order valence-electron chi connectivity index (χ1n) is 8.62. The van der Waals surface area contributed by atoms with Crippen LogP contribution in [0.1, 0.15) is 12.0 Å². The molecule has 1 aliphatic heterocycles. The molecule has 1 unspecified atom stereocenters. The third kappa shape index (κ3) is 3.69. The molecule has 1 atom stereocenters. The van der Waals surface area contributed by atoms with E-state index in [-0.39, 0.29) is 0 Å². The maximum absolute atomic E-state index is 4.32. The summed E-state index contributed by atoms with van der Waals surface area (Å²) >= 11 is 0. The van der Waals surface area contributed by atoms with Crippen molar-refractivity contribution in [3.63, 3.8) is 0 Å². The zero-order valence-electron chi connectivity index (χ0n) is 14.3. The second-order valence-electron chi connectivity index (χ2n) is 6.52. The molecule has 0 aliphatic carbocycles. The third-order valence-electron chi connectivity index (χ3n) is 4.59. The van der Waals surface area contributed by atoms with Crippen molar-refractivity contribution < 1.29 is 0 Å². The summed E-state index contributed by atoms with van der Waals surface area (Å²) in [5.41, 5.74) is 2.15. The van der Waals surface area contributed by atoms with Crippen LogP contribution in [0.4, 0.5) is 5.82 Å². The molecule has 6 nitrogen and oxygen atoms in total. The highest BCUT2D eigenvalue weighted by atomic mass is 15.2. The second-order valence-corrected chi connectivity index (χ2v) is 6.52. The van der Waals surface area contributed by atoms with Gasteiger partial charge in [-0.2, -0.15) is 0 Å². The van der Waals surface area contributed by atoms with Crippen molar-refractivity contribution in [1.29, 1.82) is 0 Å². The fourth-order valence-electron chi connectivity index (χ4n) is 3.29. The third-order valence-corrected chi connectivity index (χ3v) is 4.59. The Morgan fingerprint density at radius 1 is 1.12 bits per heavy atom. The molecule has 1 saturated heterocycles. The van der Waals surface area contributed by atoms with Gasteiger partial charge < -0.3 is 9.88 Å². The van der Waals surface area contributed by atoms with Crippen LogP contribution in [-0.2, 0) is 13.6 Å². The largest absolute Gasteiger partial charge is 0.365 e. The van der Waals surface area contributed by atoms with E-state index >= 15 is 0 Å². The van der Waals surface area contributed by atoms with Crippen LogP contribution in [0.15, 0.2) is 54.9 Å². The molecular weight excluding hydrogens is 312 g/mol. The molecule has 1 fully saturated rings. The quantitative estimate of drug-likeness (QED) is 0.777. The standard InChI is InChI=1S/C19H22N6/c1-24-12-10-20-19(24)17-7-8-18(23-22-17)21-16-9-11-25(14-16)13-15-5-3-2-4-6-15/h2-8,10,12,16H,9,11,13-14H2,1H3,(H,21,23). The average molecular weight is 334 g/mol. The van der Waals surface area contributed by atoms with Gasteiger partial charge in [-0.25, -0.2) is 4.98 Å². The molecule has 4 rings (SSSR count). The van der Waals surface area contributed by atoms with Crippen LogP contribution in [0.5, 0.6) is 0 Å². The van der Waals surface area contributed by atoms with Gasteiger partial charge in [0.05, 0.1) is 0 Å². The lowest BCUT2D eigenvalue weighted by Gasteiger charge is -2.17. The monoisotopic (exact) mass is 334 g/mol. The maximum atomic E-state index is 4.32. The van der Waals surface area contributed by atoms with Gasteiger partial charge in [0.2, 0.25) is 0 Å². The molecule has 0 spiro atoms. The molecule has 0 radical (unpaired) electrons. The first-order chi connectivity index (χ1) is 12.3. The number of anilines is 1. The first-order valence-corrected chi connectivity index (χ1v) is 8.62. The van der Waals surface area contributed by atoms with E-state index in [0.29, 0.717) is 6.04 Å². The van der Waals surface area contributed by atoms with Crippen molar-refractivity contribution in [2.24, 2.45) is 7.05 Å². The van der Waals surface area contributed by atoms with E-state index in [9.17, 15) is 0 Å². The summed E-state index contributed by atoms with van der Waals surface area (Å²) in [6.45, 7) is 3.13. The van der Waals surface area contributed by atoms with Crippen LogP contribution in [-0.4, -0.2) is 43.8 Å². The molecule has 0 bridgehead atoms. The summed E-state index contributed by atoms with van der Waals surface area (Å²) in [6, 6.07) is 15.0. The lowest BCUT2D eigenvalue weighted by molar-refractivity contribution is 0.328. The Labute approximate surface area is 147 Å². The Morgan fingerprint density at radius 3 is 2.72 bits per heavy atom. The van der Waals surface area contributed by atoms with Gasteiger partial charge in [-0.05, 0) is 24.1 Å². The number of imidazole rings is 1. The molecule has 1 N–H and O–H groups in total. The van der Waals surface area contributed by atoms with Crippen LogP contribution < -0.4 is 5.32 Å². The summed E-state index contributed by atoms with van der Waals surface area (Å²) in [4.78, 5) is 6.78. The summed E-state index contributed by atoms with van der Waals surface area (Å²) in [7, 11) is 1.95. The van der Waals surface area contributed by atoms with Crippen LogP contribution in [0.3, 0.4) is 0 Å². The molecule has 1 aromatic carbocycles. The molecule has 128 valence electrons. The number of aromatic nitrogens is 4. The summed E-state index contributed by atoms with van der Waals surface area (Å²) in [5, 5.41) is 12.1. The number of nitrogens with zero attached hydrogens (tertiary/aromatic N) is 5. The van der Waals surface area contributed by atoms with Gasteiger partial charge in [-0.1, -0.05) is 30.3 Å². The molecule has 0 amide bonds. The number of hydrogen-bond donors (Lipinski definition) is 1. The van der Waals surface area contributed by atoms with Gasteiger partial charge in [-0.15, -0.1) is 10.2 Å². The normalized spacial score (nSPS) is 17.7. The maximum Gasteiger partial charge on any atom is 0.160 e. The van der Waals surface area contributed by atoms with E-state index in [4.69, 9.17) is 0 Å². The van der Waals surface area contributed by atoms with Crippen LogP contribution in [0, 0.1) is 0 Å². The molecule has 2 aromatic heterocycles. The van der Waals surface area contributed by atoms with Gasteiger partial charge in [-0.3, -0.25) is 4.90 Å².